The molecule has 0 radical (unpaired) electrons. The second-order valence-electron chi connectivity index (χ2n) is 6.04. The van der Waals surface area contributed by atoms with Crippen LogP contribution in [-0.4, -0.2) is 58.4 Å². The SMILES string of the molecule is CC(c1ccc(-n2cncn2)cc1)N(C)C(=O)CC1COCCN1. The second-order valence-corrected chi connectivity index (χ2v) is 6.04. The maximum Gasteiger partial charge on any atom is 0.224 e. The third-order valence-corrected chi connectivity index (χ3v) is 4.45. The van der Waals surface area contributed by atoms with Gasteiger partial charge in [-0.05, 0) is 24.6 Å². The third kappa shape index (κ3) is 3.80. The Morgan fingerprint density at radius 3 is 2.88 bits per heavy atom. The molecule has 0 aliphatic carbocycles. The standard InChI is InChI=1S/C17H23N5O2/c1-13(21(2)17(23)9-15-10-24-8-7-19-15)14-3-5-16(6-4-14)22-12-18-11-20-22/h3-6,11-13,15,19H,7-10H2,1-2H3. The van der Waals surface area contributed by atoms with Gasteiger partial charge in [0, 0.05) is 26.1 Å². The summed E-state index contributed by atoms with van der Waals surface area (Å²) < 4.78 is 7.12. The van der Waals surface area contributed by atoms with Gasteiger partial charge in [-0.25, -0.2) is 9.67 Å². The summed E-state index contributed by atoms with van der Waals surface area (Å²) in [6.07, 6.45) is 3.62. The molecule has 7 nitrogen and oxygen atoms in total. The van der Waals surface area contributed by atoms with E-state index in [4.69, 9.17) is 4.74 Å². The van der Waals surface area contributed by atoms with Gasteiger partial charge in [0.15, 0.2) is 0 Å². The number of nitrogens with one attached hydrogen (secondary N) is 1. The molecule has 1 saturated heterocycles. The lowest BCUT2D eigenvalue weighted by molar-refractivity contribution is -0.133. The molecular weight excluding hydrogens is 306 g/mol. The van der Waals surface area contributed by atoms with E-state index >= 15 is 0 Å². The Labute approximate surface area is 141 Å². The van der Waals surface area contributed by atoms with Gasteiger partial charge in [-0.2, -0.15) is 5.10 Å². The van der Waals surface area contributed by atoms with Crippen LogP contribution in [0.4, 0.5) is 0 Å². The first-order valence-corrected chi connectivity index (χ1v) is 8.17. The van der Waals surface area contributed by atoms with E-state index in [2.05, 4.69) is 15.4 Å². The van der Waals surface area contributed by atoms with Gasteiger partial charge < -0.3 is 15.0 Å². The Kier molecular flexibility index (Phi) is 5.22. The number of ether oxygens (including phenoxy) is 1. The first-order chi connectivity index (χ1) is 11.6. The fourth-order valence-electron chi connectivity index (χ4n) is 2.79. The number of benzene rings is 1. The average molecular weight is 329 g/mol. The van der Waals surface area contributed by atoms with Crippen molar-refractivity contribution in [3.8, 4) is 5.69 Å². The number of nitrogens with zero attached hydrogens (tertiary/aromatic N) is 4. The highest BCUT2D eigenvalue weighted by molar-refractivity contribution is 5.77. The Morgan fingerprint density at radius 2 is 2.25 bits per heavy atom. The van der Waals surface area contributed by atoms with Crippen LogP contribution in [0.3, 0.4) is 0 Å². The van der Waals surface area contributed by atoms with Crippen LogP contribution >= 0.6 is 0 Å². The van der Waals surface area contributed by atoms with Crippen LogP contribution in [0.15, 0.2) is 36.9 Å². The van der Waals surface area contributed by atoms with Crippen LogP contribution in [0.5, 0.6) is 0 Å². The molecule has 3 rings (SSSR count). The highest BCUT2D eigenvalue weighted by Gasteiger charge is 2.22. The van der Waals surface area contributed by atoms with Crippen LogP contribution in [0, 0.1) is 0 Å². The summed E-state index contributed by atoms with van der Waals surface area (Å²) in [5.74, 6) is 0.117. The van der Waals surface area contributed by atoms with Gasteiger partial charge in [0.05, 0.1) is 24.9 Å². The largest absolute Gasteiger partial charge is 0.378 e. The van der Waals surface area contributed by atoms with E-state index in [-0.39, 0.29) is 18.0 Å². The number of hydrogen-bond donors (Lipinski definition) is 1. The molecule has 7 heteroatoms. The van der Waals surface area contributed by atoms with Gasteiger partial charge >= 0.3 is 0 Å². The summed E-state index contributed by atoms with van der Waals surface area (Å²) in [6, 6.07) is 8.12. The normalized spacial score (nSPS) is 19.0. The predicted octanol–water partition coefficient (Wildman–Crippen LogP) is 1.17. The summed E-state index contributed by atoms with van der Waals surface area (Å²) in [5, 5.41) is 7.43. The third-order valence-electron chi connectivity index (χ3n) is 4.45. The number of carbonyl (C=O) groups excluding carboxylic acids is 1. The maximum atomic E-state index is 12.5. The zero-order chi connectivity index (χ0) is 16.9. The molecule has 1 N–H and O–H groups in total. The van der Waals surface area contributed by atoms with Crippen LogP contribution in [0.2, 0.25) is 0 Å². The zero-order valence-corrected chi connectivity index (χ0v) is 14.1. The minimum Gasteiger partial charge on any atom is -0.378 e. The minimum absolute atomic E-state index is 0.00630. The van der Waals surface area contributed by atoms with Crippen molar-refractivity contribution in [2.45, 2.75) is 25.4 Å². The molecule has 1 aromatic carbocycles. The fourth-order valence-corrected chi connectivity index (χ4v) is 2.79. The van der Waals surface area contributed by atoms with Crippen LogP contribution in [0.1, 0.15) is 24.9 Å². The molecule has 2 unspecified atom stereocenters. The number of morpholine rings is 1. The molecule has 1 amide bonds. The van der Waals surface area contributed by atoms with Gasteiger partial charge in [-0.1, -0.05) is 12.1 Å². The molecule has 128 valence electrons. The lowest BCUT2D eigenvalue weighted by Crippen LogP contribution is -2.44. The molecule has 2 heterocycles. The summed E-state index contributed by atoms with van der Waals surface area (Å²) in [7, 11) is 1.85. The predicted molar refractivity (Wildman–Crippen MR) is 89.8 cm³/mol. The van der Waals surface area contributed by atoms with Crippen molar-refractivity contribution < 1.29 is 9.53 Å². The van der Waals surface area contributed by atoms with Gasteiger partial charge in [-0.3, -0.25) is 4.79 Å². The van der Waals surface area contributed by atoms with Crippen LogP contribution in [-0.2, 0) is 9.53 Å². The summed E-state index contributed by atoms with van der Waals surface area (Å²) >= 11 is 0. The fraction of sp³-hybridized carbons (Fsp3) is 0.471. The summed E-state index contributed by atoms with van der Waals surface area (Å²) in [5.41, 5.74) is 2.03. The molecule has 24 heavy (non-hydrogen) atoms. The maximum absolute atomic E-state index is 12.5. The molecule has 0 saturated carbocycles. The molecule has 0 spiro atoms. The van der Waals surface area contributed by atoms with Gasteiger partial charge in [0.1, 0.15) is 12.7 Å². The van der Waals surface area contributed by atoms with E-state index in [9.17, 15) is 4.79 Å². The molecule has 0 bridgehead atoms. The first-order valence-electron chi connectivity index (χ1n) is 8.17. The van der Waals surface area contributed by atoms with E-state index in [1.807, 2.05) is 38.2 Å². The Morgan fingerprint density at radius 1 is 1.46 bits per heavy atom. The van der Waals surface area contributed by atoms with Gasteiger partial charge in [0.25, 0.3) is 0 Å². The molecule has 1 aliphatic heterocycles. The highest BCUT2D eigenvalue weighted by atomic mass is 16.5. The first kappa shape index (κ1) is 16.6. The second kappa shape index (κ2) is 7.55. The van der Waals surface area contributed by atoms with E-state index in [1.54, 1.807) is 15.9 Å². The molecule has 1 aliphatic rings. The van der Waals surface area contributed by atoms with E-state index < -0.39 is 0 Å². The van der Waals surface area contributed by atoms with Crippen molar-refractivity contribution in [1.29, 1.82) is 0 Å². The summed E-state index contributed by atoms with van der Waals surface area (Å²) in [4.78, 5) is 18.2. The lowest BCUT2D eigenvalue weighted by atomic mass is 10.1. The smallest absolute Gasteiger partial charge is 0.224 e. The zero-order valence-electron chi connectivity index (χ0n) is 14.1. The molecule has 1 aromatic heterocycles. The number of amides is 1. The van der Waals surface area contributed by atoms with Crippen molar-refractivity contribution in [2.75, 3.05) is 26.8 Å². The number of rotatable bonds is 5. The lowest BCUT2D eigenvalue weighted by Gasteiger charge is -2.29. The number of carbonyl (C=O) groups is 1. The van der Waals surface area contributed by atoms with Gasteiger partial charge in [-0.15, -0.1) is 0 Å². The van der Waals surface area contributed by atoms with E-state index in [1.165, 1.54) is 6.33 Å². The topological polar surface area (TPSA) is 72.3 Å². The Hall–Kier alpha value is -2.25. The molecular formula is C17H23N5O2. The quantitative estimate of drug-likeness (QED) is 0.891. The van der Waals surface area contributed by atoms with Crippen molar-refractivity contribution >= 4 is 5.91 Å². The van der Waals surface area contributed by atoms with Crippen molar-refractivity contribution in [3.05, 3.63) is 42.5 Å². The van der Waals surface area contributed by atoms with Crippen molar-refractivity contribution in [2.24, 2.45) is 0 Å². The molecule has 2 atom stereocenters. The number of hydrogen-bond acceptors (Lipinski definition) is 5. The van der Waals surface area contributed by atoms with E-state index in [0.717, 1.165) is 24.4 Å². The van der Waals surface area contributed by atoms with E-state index in [0.29, 0.717) is 13.0 Å². The van der Waals surface area contributed by atoms with Crippen LogP contribution < -0.4 is 5.32 Å². The monoisotopic (exact) mass is 329 g/mol. The van der Waals surface area contributed by atoms with Crippen molar-refractivity contribution in [1.82, 2.24) is 25.0 Å². The van der Waals surface area contributed by atoms with Gasteiger partial charge in [0.2, 0.25) is 5.91 Å². The Bertz CT molecular complexity index is 650. The highest BCUT2D eigenvalue weighted by Crippen LogP contribution is 2.21. The van der Waals surface area contributed by atoms with Crippen LogP contribution in [0.25, 0.3) is 5.69 Å². The van der Waals surface area contributed by atoms with Crippen molar-refractivity contribution in [3.63, 3.8) is 0 Å². The minimum atomic E-state index is 0.00630. The average Bonchev–Trinajstić information content (AvgIpc) is 3.16. The Balaban J connectivity index is 1.62. The molecule has 1 fully saturated rings. The number of aromatic nitrogens is 3. The summed E-state index contributed by atoms with van der Waals surface area (Å²) in [6.45, 7) is 4.16. The molecule has 2 aromatic rings.